The van der Waals surface area contributed by atoms with E-state index in [1.54, 1.807) is 30.6 Å². The summed E-state index contributed by atoms with van der Waals surface area (Å²) >= 11 is 8.74. The third-order valence-corrected chi connectivity index (χ3v) is 12.4. The number of nitrogens with zero attached hydrogens (tertiary/aromatic N) is 4. The molecule has 2 aliphatic heterocycles. The Hall–Kier alpha value is -3.61. The van der Waals surface area contributed by atoms with Crippen molar-refractivity contribution in [2.24, 2.45) is 0 Å². The van der Waals surface area contributed by atoms with Crippen LogP contribution in [-0.2, 0) is 19.5 Å². The lowest BCUT2D eigenvalue weighted by molar-refractivity contribution is 0.246. The maximum atomic E-state index is 13.3. The average molecular weight is 758 g/mol. The molecule has 1 fully saturated rings. The van der Waals surface area contributed by atoms with Gasteiger partial charge in [0.15, 0.2) is 15.5 Å². The van der Waals surface area contributed by atoms with Crippen LogP contribution in [0.1, 0.15) is 36.8 Å². The molecule has 1 aromatic heterocycles. The van der Waals surface area contributed by atoms with E-state index in [1.807, 2.05) is 12.1 Å². The predicted octanol–water partition coefficient (Wildman–Crippen LogP) is 9.52. The van der Waals surface area contributed by atoms with Crippen LogP contribution in [-0.4, -0.2) is 73.8 Å². The number of benzene rings is 4. The SMILES string of the molecule is COc1cc2c(cc1OSc1ccccc1NCCCCN1CCN(c3ccc(F)cc3)CC1)CCN(CCCCn1c(=S)sc3ccccc31)C2. The van der Waals surface area contributed by atoms with Gasteiger partial charge in [0, 0.05) is 58.0 Å². The Morgan fingerprint density at radius 3 is 2.37 bits per heavy atom. The van der Waals surface area contributed by atoms with Gasteiger partial charge in [-0.25, -0.2) is 4.39 Å². The predicted molar refractivity (Wildman–Crippen MR) is 218 cm³/mol. The number of aromatic nitrogens is 1. The number of thiazole rings is 1. The zero-order valence-electron chi connectivity index (χ0n) is 29.9. The zero-order valence-corrected chi connectivity index (χ0v) is 32.3. The Morgan fingerprint density at radius 1 is 0.788 bits per heavy atom. The van der Waals surface area contributed by atoms with Crippen LogP contribution < -0.4 is 19.1 Å². The number of para-hydroxylation sites is 2. The first kappa shape index (κ1) is 36.7. The number of unbranched alkanes of at least 4 members (excludes halogenated alkanes) is 2. The summed E-state index contributed by atoms with van der Waals surface area (Å²) in [7, 11) is 1.72. The van der Waals surface area contributed by atoms with Crippen LogP contribution in [0, 0.1) is 9.77 Å². The summed E-state index contributed by atoms with van der Waals surface area (Å²) < 4.78 is 30.0. The van der Waals surface area contributed by atoms with Gasteiger partial charge in [-0.1, -0.05) is 24.3 Å². The van der Waals surface area contributed by atoms with Crippen molar-refractivity contribution in [3.63, 3.8) is 0 Å². The second-order valence-electron chi connectivity index (χ2n) is 13.6. The molecule has 4 aromatic carbocycles. The van der Waals surface area contributed by atoms with E-state index in [2.05, 4.69) is 85.2 Å². The molecule has 0 unspecified atom stereocenters. The van der Waals surface area contributed by atoms with E-state index < -0.39 is 0 Å². The number of fused-ring (bicyclic) bond motifs is 2. The van der Waals surface area contributed by atoms with Crippen molar-refractivity contribution in [1.82, 2.24) is 14.4 Å². The van der Waals surface area contributed by atoms with E-state index in [1.165, 1.54) is 33.4 Å². The molecule has 52 heavy (non-hydrogen) atoms. The highest BCUT2D eigenvalue weighted by Crippen LogP contribution is 2.38. The lowest BCUT2D eigenvalue weighted by Crippen LogP contribution is -2.46. The number of hydrogen-bond donors (Lipinski definition) is 1. The quantitative estimate of drug-likeness (QED) is 0.0607. The highest BCUT2D eigenvalue weighted by Gasteiger charge is 2.21. The summed E-state index contributed by atoms with van der Waals surface area (Å²) in [5, 5.41) is 3.64. The standard InChI is InChI=1S/C41H48FN5O2S3/c1-48-37-29-32-30-45(21-8-9-22-47-36-11-3-5-13-40(36)51-41(47)50)23-18-31(32)28-38(37)49-52-39-12-4-2-10-35(39)43-19-6-7-20-44-24-26-46(27-25-44)34-16-14-33(42)15-17-34/h2-5,10-17,28-29,43H,6-9,18-27,30H2,1H3. The van der Waals surface area contributed by atoms with Gasteiger partial charge in [0.25, 0.3) is 0 Å². The Balaban J connectivity index is 0.842. The first-order valence-corrected chi connectivity index (χ1v) is 20.4. The third-order valence-electron chi connectivity index (χ3n) is 10.1. The molecule has 0 spiro atoms. The molecular formula is C41H48FN5O2S3. The zero-order chi connectivity index (χ0) is 35.7. The molecule has 0 radical (unpaired) electrons. The number of halogens is 1. The van der Waals surface area contributed by atoms with Gasteiger partial charge in [0.1, 0.15) is 5.82 Å². The van der Waals surface area contributed by atoms with E-state index in [-0.39, 0.29) is 5.82 Å². The first-order valence-electron chi connectivity index (χ1n) is 18.4. The van der Waals surface area contributed by atoms with Crippen molar-refractivity contribution in [3.8, 4) is 11.5 Å². The summed E-state index contributed by atoms with van der Waals surface area (Å²) in [6.07, 6.45) is 5.49. The number of hydrogen-bond acceptors (Lipinski definition) is 9. The minimum atomic E-state index is -0.181. The Kier molecular flexibility index (Phi) is 12.7. The molecule has 1 N–H and O–H groups in total. The van der Waals surface area contributed by atoms with Crippen molar-refractivity contribution in [2.75, 3.05) is 69.7 Å². The normalized spacial score (nSPS) is 15.2. The summed E-state index contributed by atoms with van der Waals surface area (Å²) in [6, 6.07) is 28.1. The van der Waals surface area contributed by atoms with Crippen LogP contribution in [0.2, 0.25) is 0 Å². The molecule has 0 amide bonds. The van der Waals surface area contributed by atoms with Gasteiger partial charge in [-0.15, -0.1) is 11.3 Å². The van der Waals surface area contributed by atoms with Gasteiger partial charge in [-0.2, -0.15) is 0 Å². The molecule has 5 aromatic rings. The lowest BCUT2D eigenvalue weighted by Gasteiger charge is -2.36. The molecule has 3 heterocycles. The van der Waals surface area contributed by atoms with Crippen LogP contribution in [0.5, 0.6) is 11.5 Å². The van der Waals surface area contributed by atoms with Gasteiger partial charge in [-0.05, 0) is 129 Å². The molecule has 7 rings (SSSR count). The summed E-state index contributed by atoms with van der Waals surface area (Å²) in [5.41, 5.74) is 6.11. The number of methoxy groups -OCH3 is 1. The fraction of sp³-hybridized carbons (Fsp3) is 0.390. The number of nitrogens with one attached hydrogen (secondary N) is 1. The van der Waals surface area contributed by atoms with E-state index in [0.717, 1.165) is 129 Å². The van der Waals surface area contributed by atoms with Crippen LogP contribution in [0.15, 0.2) is 89.8 Å². The van der Waals surface area contributed by atoms with Gasteiger partial charge in [-0.3, -0.25) is 9.80 Å². The molecule has 2 aliphatic rings. The molecular weight excluding hydrogens is 710 g/mol. The van der Waals surface area contributed by atoms with Crippen LogP contribution in [0.4, 0.5) is 15.8 Å². The molecule has 1 saturated heterocycles. The van der Waals surface area contributed by atoms with E-state index in [9.17, 15) is 4.39 Å². The average Bonchev–Trinajstić information content (AvgIpc) is 3.50. The summed E-state index contributed by atoms with van der Waals surface area (Å²) in [5.74, 6) is 1.37. The molecule has 274 valence electrons. The van der Waals surface area contributed by atoms with Gasteiger partial charge >= 0.3 is 0 Å². The van der Waals surface area contributed by atoms with Crippen LogP contribution in [0.25, 0.3) is 10.2 Å². The Bertz CT molecular complexity index is 1980. The number of aryl methyl sites for hydroxylation is 1. The molecule has 0 saturated carbocycles. The molecule has 11 heteroatoms. The third kappa shape index (κ3) is 9.30. The largest absolute Gasteiger partial charge is 0.493 e. The molecule has 0 aliphatic carbocycles. The second-order valence-corrected chi connectivity index (χ2v) is 16.0. The van der Waals surface area contributed by atoms with Crippen molar-refractivity contribution < 1.29 is 13.3 Å². The number of anilines is 2. The maximum absolute atomic E-state index is 13.3. The number of rotatable bonds is 16. The second kappa shape index (κ2) is 17.9. The highest BCUT2D eigenvalue weighted by molar-refractivity contribution is 7.95. The molecule has 0 bridgehead atoms. The first-order chi connectivity index (χ1) is 25.5. The number of ether oxygens (including phenoxy) is 1. The molecule has 7 nitrogen and oxygen atoms in total. The van der Waals surface area contributed by atoms with E-state index in [0.29, 0.717) is 0 Å². The van der Waals surface area contributed by atoms with E-state index in [4.69, 9.17) is 21.1 Å². The van der Waals surface area contributed by atoms with E-state index >= 15 is 0 Å². The van der Waals surface area contributed by atoms with Crippen molar-refractivity contribution in [2.45, 2.75) is 50.1 Å². The van der Waals surface area contributed by atoms with Crippen molar-refractivity contribution in [1.29, 1.82) is 0 Å². The highest BCUT2D eigenvalue weighted by atomic mass is 32.2. The topological polar surface area (TPSA) is 45.1 Å². The van der Waals surface area contributed by atoms with Gasteiger partial charge in [0.05, 0.1) is 40.0 Å². The monoisotopic (exact) mass is 757 g/mol. The maximum Gasteiger partial charge on any atom is 0.179 e. The minimum Gasteiger partial charge on any atom is -0.493 e. The van der Waals surface area contributed by atoms with Gasteiger partial charge < -0.3 is 23.7 Å². The summed E-state index contributed by atoms with van der Waals surface area (Å²) in [6.45, 7) is 10.1. The van der Waals surface area contributed by atoms with Crippen LogP contribution >= 0.6 is 35.6 Å². The summed E-state index contributed by atoms with van der Waals surface area (Å²) in [4.78, 5) is 8.49. The lowest BCUT2D eigenvalue weighted by atomic mass is 9.98. The smallest absolute Gasteiger partial charge is 0.179 e. The Morgan fingerprint density at radius 2 is 1.52 bits per heavy atom. The van der Waals surface area contributed by atoms with Crippen molar-refractivity contribution in [3.05, 3.63) is 106 Å². The van der Waals surface area contributed by atoms with Gasteiger partial charge in [0.2, 0.25) is 0 Å². The fourth-order valence-electron chi connectivity index (χ4n) is 7.21. The fourth-order valence-corrected chi connectivity index (χ4v) is 9.26. The van der Waals surface area contributed by atoms with Crippen LogP contribution in [0.3, 0.4) is 0 Å². The minimum absolute atomic E-state index is 0.181. The van der Waals surface area contributed by atoms with Crippen molar-refractivity contribution >= 4 is 57.2 Å². The Labute approximate surface area is 320 Å². The molecule has 0 atom stereocenters. The number of piperazine rings is 1.